The van der Waals surface area contributed by atoms with Gasteiger partial charge in [0.15, 0.2) is 11.8 Å². The minimum Gasteiger partial charge on any atom is -0.357 e. The fourth-order valence-corrected chi connectivity index (χ4v) is 3.15. The van der Waals surface area contributed by atoms with Crippen LogP contribution in [0.15, 0.2) is 41.7 Å². The van der Waals surface area contributed by atoms with Crippen molar-refractivity contribution in [3.8, 4) is 0 Å². The molecule has 0 bridgehead atoms. The summed E-state index contributed by atoms with van der Waals surface area (Å²) < 4.78 is 2.01. The summed E-state index contributed by atoms with van der Waals surface area (Å²) in [5.41, 5.74) is 1.32. The Balaban J connectivity index is 0.00000392. The van der Waals surface area contributed by atoms with Crippen LogP contribution in [0.25, 0.3) is 0 Å². The Morgan fingerprint density at radius 3 is 2.43 bits per heavy atom. The summed E-state index contributed by atoms with van der Waals surface area (Å²) in [4.78, 5) is 7.15. The van der Waals surface area contributed by atoms with Crippen LogP contribution in [0.3, 0.4) is 0 Å². The van der Waals surface area contributed by atoms with E-state index >= 15 is 0 Å². The maximum atomic E-state index is 4.69. The summed E-state index contributed by atoms with van der Waals surface area (Å²) in [5.74, 6) is 1.68. The largest absolute Gasteiger partial charge is 0.357 e. The van der Waals surface area contributed by atoms with Crippen LogP contribution in [0.2, 0.25) is 0 Å². The number of hydrogen-bond acceptors (Lipinski definition) is 4. The third kappa shape index (κ3) is 7.05. The van der Waals surface area contributed by atoms with Crippen LogP contribution in [-0.2, 0) is 13.1 Å². The molecule has 7 nitrogen and oxygen atoms in total. The van der Waals surface area contributed by atoms with E-state index in [1.54, 1.807) is 6.33 Å². The molecule has 0 aliphatic rings. The van der Waals surface area contributed by atoms with Crippen molar-refractivity contribution in [1.82, 2.24) is 30.3 Å². The number of likely N-dealkylation sites (N-methyl/N-ethyl adjacent to an activating group) is 1. The normalized spacial score (nSPS) is 12.5. The van der Waals surface area contributed by atoms with Crippen molar-refractivity contribution >= 4 is 29.9 Å². The lowest BCUT2D eigenvalue weighted by molar-refractivity contribution is 0.219. The minimum absolute atomic E-state index is 0. The Morgan fingerprint density at radius 1 is 1.11 bits per heavy atom. The molecule has 156 valence electrons. The summed E-state index contributed by atoms with van der Waals surface area (Å²) in [6, 6.07) is 10.9. The van der Waals surface area contributed by atoms with Crippen LogP contribution in [0.4, 0.5) is 0 Å². The second-order valence-corrected chi connectivity index (χ2v) is 6.26. The molecule has 1 aromatic heterocycles. The summed E-state index contributed by atoms with van der Waals surface area (Å²) in [5, 5.41) is 15.0. The molecule has 8 heteroatoms. The smallest absolute Gasteiger partial charge is 0.191 e. The Labute approximate surface area is 186 Å². The summed E-state index contributed by atoms with van der Waals surface area (Å²) in [7, 11) is 0. The number of guanidine groups is 1. The van der Waals surface area contributed by atoms with Crippen LogP contribution < -0.4 is 10.6 Å². The molecule has 28 heavy (non-hydrogen) atoms. The molecular weight excluding hydrogens is 465 g/mol. The van der Waals surface area contributed by atoms with Gasteiger partial charge in [0.25, 0.3) is 0 Å². The van der Waals surface area contributed by atoms with Gasteiger partial charge in [-0.1, -0.05) is 44.2 Å². The fourth-order valence-electron chi connectivity index (χ4n) is 3.15. The number of halogens is 1. The van der Waals surface area contributed by atoms with E-state index < -0.39 is 0 Å². The van der Waals surface area contributed by atoms with Gasteiger partial charge in [-0.25, -0.2) is 4.99 Å². The third-order valence-corrected chi connectivity index (χ3v) is 4.66. The molecule has 1 aromatic carbocycles. The molecule has 2 N–H and O–H groups in total. The molecule has 0 spiro atoms. The van der Waals surface area contributed by atoms with Crippen LogP contribution >= 0.6 is 24.0 Å². The predicted octanol–water partition coefficient (Wildman–Crippen LogP) is 3.05. The number of aromatic nitrogens is 3. The van der Waals surface area contributed by atoms with E-state index in [-0.39, 0.29) is 24.0 Å². The first kappa shape index (κ1) is 24.4. The van der Waals surface area contributed by atoms with Gasteiger partial charge in [-0.05, 0) is 32.5 Å². The molecule has 0 amide bonds. The average molecular weight is 499 g/mol. The van der Waals surface area contributed by atoms with Gasteiger partial charge >= 0.3 is 0 Å². The molecular formula is C20H34IN7. The molecule has 0 saturated carbocycles. The van der Waals surface area contributed by atoms with E-state index in [0.717, 1.165) is 44.5 Å². The van der Waals surface area contributed by atoms with Gasteiger partial charge in [-0.2, -0.15) is 0 Å². The first-order valence-electron chi connectivity index (χ1n) is 9.91. The van der Waals surface area contributed by atoms with Crippen LogP contribution in [0, 0.1) is 0 Å². The van der Waals surface area contributed by atoms with Crippen molar-refractivity contribution < 1.29 is 0 Å². The second kappa shape index (κ2) is 13.5. The average Bonchev–Trinajstić information content (AvgIpc) is 3.17. The van der Waals surface area contributed by atoms with Crippen molar-refractivity contribution in [2.24, 2.45) is 4.99 Å². The number of hydrogen-bond donors (Lipinski definition) is 2. The van der Waals surface area contributed by atoms with E-state index in [2.05, 4.69) is 83.8 Å². The zero-order valence-corrected chi connectivity index (χ0v) is 19.8. The Morgan fingerprint density at radius 2 is 1.82 bits per heavy atom. The fraction of sp³-hybridized carbons (Fsp3) is 0.550. The maximum Gasteiger partial charge on any atom is 0.191 e. The lowest BCUT2D eigenvalue weighted by atomic mass is 10.1. The topological polar surface area (TPSA) is 70.4 Å². The number of nitrogens with one attached hydrogen (secondary N) is 2. The van der Waals surface area contributed by atoms with Gasteiger partial charge < -0.3 is 15.2 Å². The first-order valence-corrected chi connectivity index (χ1v) is 9.91. The molecule has 0 aliphatic heterocycles. The molecule has 1 atom stereocenters. The highest BCUT2D eigenvalue weighted by Crippen LogP contribution is 2.19. The van der Waals surface area contributed by atoms with Gasteiger partial charge in [0, 0.05) is 19.6 Å². The number of benzene rings is 1. The van der Waals surface area contributed by atoms with Crippen molar-refractivity contribution in [2.45, 2.75) is 46.8 Å². The van der Waals surface area contributed by atoms with Crippen molar-refractivity contribution in [1.29, 1.82) is 0 Å². The highest BCUT2D eigenvalue weighted by molar-refractivity contribution is 14.0. The lowest BCUT2D eigenvalue weighted by Gasteiger charge is -2.30. The van der Waals surface area contributed by atoms with Gasteiger partial charge in [0.05, 0.1) is 6.04 Å². The number of aliphatic imine (C=N–C) groups is 1. The van der Waals surface area contributed by atoms with E-state index in [1.807, 2.05) is 4.57 Å². The van der Waals surface area contributed by atoms with E-state index in [4.69, 9.17) is 4.99 Å². The number of nitrogens with zero attached hydrogens (tertiary/aromatic N) is 5. The number of rotatable bonds is 10. The van der Waals surface area contributed by atoms with Gasteiger partial charge in [-0.3, -0.25) is 4.90 Å². The van der Waals surface area contributed by atoms with Crippen LogP contribution in [-0.4, -0.2) is 51.8 Å². The van der Waals surface area contributed by atoms with Crippen molar-refractivity contribution in [2.75, 3.05) is 26.2 Å². The van der Waals surface area contributed by atoms with Crippen molar-refractivity contribution in [3.05, 3.63) is 48.0 Å². The van der Waals surface area contributed by atoms with E-state index in [1.165, 1.54) is 5.56 Å². The Hall–Kier alpha value is -1.68. The summed E-state index contributed by atoms with van der Waals surface area (Å²) >= 11 is 0. The quantitative estimate of drug-likeness (QED) is 0.299. The molecule has 2 aromatic rings. The van der Waals surface area contributed by atoms with E-state index in [9.17, 15) is 0 Å². The molecule has 0 fully saturated rings. The molecule has 0 aliphatic carbocycles. The second-order valence-electron chi connectivity index (χ2n) is 6.26. The summed E-state index contributed by atoms with van der Waals surface area (Å²) in [6.07, 6.45) is 1.75. The third-order valence-electron chi connectivity index (χ3n) is 4.66. The van der Waals surface area contributed by atoms with Gasteiger partial charge in [-0.15, -0.1) is 34.2 Å². The molecule has 1 heterocycles. The maximum absolute atomic E-state index is 4.69. The standard InChI is InChI=1S/C20H33N7.HI/c1-5-21-20(23-15-19-25-24-16-27(19)8-4)22-14-18(26(6-2)7-3)17-12-10-9-11-13-17;/h9-13,16,18H,5-8,14-15H2,1-4H3,(H2,21,22,23);1H. The van der Waals surface area contributed by atoms with Gasteiger partial charge in [0.2, 0.25) is 0 Å². The minimum atomic E-state index is 0. The zero-order valence-electron chi connectivity index (χ0n) is 17.4. The molecule has 0 saturated heterocycles. The monoisotopic (exact) mass is 499 g/mol. The van der Waals surface area contributed by atoms with Crippen LogP contribution in [0.1, 0.15) is 45.1 Å². The zero-order chi connectivity index (χ0) is 19.5. The summed E-state index contributed by atoms with van der Waals surface area (Å²) in [6.45, 7) is 13.5. The number of aryl methyl sites for hydroxylation is 1. The molecule has 0 radical (unpaired) electrons. The molecule has 2 rings (SSSR count). The Kier molecular flexibility index (Phi) is 11.7. The Bertz CT molecular complexity index is 683. The van der Waals surface area contributed by atoms with E-state index in [0.29, 0.717) is 12.6 Å². The SMILES string of the molecule is CCNC(=NCc1nncn1CC)NCC(c1ccccc1)N(CC)CC.I. The molecule has 1 unspecified atom stereocenters. The first-order chi connectivity index (χ1) is 13.2. The highest BCUT2D eigenvalue weighted by Gasteiger charge is 2.18. The highest BCUT2D eigenvalue weighted by atomic mass is 127. The van der Waals surface area contributed by atoms with Crippen LogP contribution in [0.5, 0.6) is 0 Å². The predicted molar refractivity (Wildman–Crippen MR) is 126 cm³/mol. The van der Waals surface area contributed by atoms with Gasteiger partial charge in [0.1, 0.15) is 12.9 Å². The lowest BCUT2D eigenvalue weighted by Crippen LogP contribution is -2.43. The van der Waals surface area contributed by atoms with Crippen molar-refractivity contribution in [3.63, 3.8) is 0 Å².